The van der Waals surface area contributed by atoms with Crippen molar-refractivity contribution in [2.24, 2.45) is 0 Å². The maximum absolute atomic E-state index is 2.49. The van der Waals surface area contributed by atoms with Gasteiger partial charge in [0.05, 0.1) is 38.8 Å². The highest BCUT2D eigenvalue weighted by molar-refractivity contribution is 6.17. The molecular weight excluding hydrogens is 619 g/mol. The monoisotopic (exact) mass is 649 g/mol. The van der Waals surface area contributed by atoms with E-state index in [1.807, 2.05) is 0 Å². The third kappa shape index (κ3) is 4.06. The topological polar surface area (TPSA) is 14.8 Å². The lowest BCUT2D eigenvalue weighted by molar-refractivity contribution is 1.11. The number of fused-ring (bicyclic) bond motifs is 9. The van der Waals surface area contributed by atoms with Crippen molar-refractivity contribution in [1.29, 1.82) is 0 Å². The minimum atomic E-state index is 1.13. The molecule has 0 bridgehead atoms. The van der Waals surface area contributed by atoms with E-state index in [9.17, 15) is 0 Å². The fourth-order valence-corrected chi connectivity index (χ4v) is 8.45. The average Bonchev–Trinajstić information content (AvgIpc) is 3.84. The van der Waals surface area contributed by atoms with Gasteiger partial charge in [-0.05, 0) is 71.8 Å². The highest BCUT2D eigenvalue weighted by Crippen LogP contribution is 2.43. The fourth-order valence-electron chi connectivity index (χ4n) is 8.45. The van der Waals surface area contributed by atoms with E-state index in [0.29, 0.717) is 0 Å². The van der Waals surface area contributed by atoms with Crippen LogP contribution < -0.4 is 0 Å². The summed E-state index contributed by atoms with van der Waals surface area (Å²) in [6.45, 7) is 0. The molecule has 0 fully saturated rings. The van der Waals surface area contributed by atoms with Gasteiger partial charge in [-0.3, -0.25) is 0 Å². The first kappa shape index (κ1) is 28.0. The largest absolute Gasteiger partial charge is 0.309 e. The average molecular weight is 650 g/mol. The molecule has 51 heavy (non-hydrogen) atoms. The maximum atomic E-state index is 2.49. The molecule has 0 spiro atoms. The van der Waals surface area contributed by atoms with Gasteiger partial charge in [0.15, 0.2) is 0 Å². The summed E-state index contributed by atoms with van der Waals surface area (Å²) in [6.07, 6.45) is 0. The van der Waals surface area contributed by atoms with Gasteiger partial charge in [0.1, 0.15) is 0 Å². The van der Waals surface area contributed by atoms with Crippen LogP contribution in [0.15, 0.2) is 188 Å². The van der Waals surface area contributed by atoms with Gasteiger partial charge >= 0.3 is 0 Å². The van der Waals surface area contributed by atoms with Crippen molar-refractivity contribution in [3.63, 3.8) is 0 Å². The molecule has 0 aliphatic heterocycles. The molecule has 3 heteroatoms. The first-order valence-electron chi connectivity index (χ1n) is 17.5. The van der Waals surface area contributed by atoms with Crippen molar-refractivity contribution in [3.8, 4) is 28.2 Å². The summed E-state index contributed by atoms with van der Waals surface area (Å²) >= 11 is 0. The van der Waals surface area contributed by atoms with Gasteiger partial charge < -0.3 is 13.7 Å². The Labute approximate surface area is 294 Å². The third-order valence-corrected chi connectivity index (χ3v) is 10.6. The molecule has 11 rings (SSSR count). The van der Waals surface area contributed by atoms with Crippen LogP contribution in [0, 0.1) is 0 Å². The van der Waals surface area contributed by atoms with Gasteiger partial charge in [0.25, 0.3) is 0 Å². The summed E-state index contributed by atoms with van der Waals surface area (Å²) in [7, 11) is 0. The van der Waals surface area contributed by atoms with Crippen LogP contribution in [0.4, 0.5) is 0 Å². The van der Waals surface area contributed by atoms with E-state index in [1.165, 1.54) is 76.5 Å². The van der Waals surface area contributed by atoms with Crippen molar-refractivity contribution in [2.75, 3.05) is 0 Å². The SMILES string of the molecule is c1ccc(-c2ccc3c(c2)c2cc(-n4c5ccccc5c5ccccc54)cc(-n4c5ccccc5c5ccccc54)c2n3-c2ccccc2)cc1. The van der Waals surface area contributed by atoms with Crippen LogP contribution in [-0.2, 0) is 0 Å². The maximum Gasteiger partial charge on any atom is 0.0784 e. The molecule has 3 heterocycles. The highest BCUT2D eigenvalue weighted by Gasteiger charge is 2.23. The van der Waals surface area contributed by atoms with Gasteiger partial charge in [-0.2, -0.15) is 0 Å². The van der Waals surface area contributed by atoms with Crippen molar-refractivity contribution in [2.45, 2.75) is 0 Å². The van der Waals surface area contributed by atoms with Crippen molar-refractivity contribution in [3.05, 3.63) is 188 Å². The van der Waals surface area contributed by atoms with Gasteiger partial charge in [-0.15, -0.1) is 0 Å². The van der Waals surface area contributed by atoms with Crippen LogP contribution in [0.2, 0.25) is 0 Å². The Morgan fingerprint density at radius 2 is 0.725 bits per heavy atom. The number of para-hydroxylation sites is 5. The second kappa shape index (κ2) is 10.8. The lowest BCUT2D eigenvalue weighted by Gasteiger charge is -2.17. The normalized spacial score (nSPS) is 11.9. The second-order valence-corrected chi connectivity index (χ2v) is 13.4. The zero-order valence-corrected chi connectivity index (χ0v) is 27.7. The van der Waals surface area contributed by atoms with E-state index in [4.69, 9.17) is 0 Å². The van der Waals surface area contributed by atoms with Crippen LogP contribution in [0.1, 0.15) is 0 Å². The summed E-state index contributed by atoms with van der Waals surface area (Å²) in [4.78, 5) is 0. The molecule has 238 valence electrons. The van der Waals surface area contributed by atoms with Crippen LogP contribution in [0.3, 0.4) is 0 Å². The summed E-state index contributed by atoms with van der Waals surface area (Å²) in [5.41, 5.74) is 13.0. The highest BCUT2D eigenvalue weighted by atomic mass is 15.1. The number of benzene rings is 8. The van der Waals surface area contributed by atoms with E-state index >= 15 is 0 Å². The second-order valence-electron chi connectivity index (χ2n) is 13.4. The Morgan fingerprint density at radius 1 is 0.255 bits per heavy atom. The van der Waals surface area contributed by atoms with E-state index in [0.717, 1.165) is 17.1 Å². The Bertz CT molecular complexity index is 3020. The lowest BCUT2D eigenvalue weighted by atomic mass is 10.0. The van der Waals surface area contributed by atoms with Crippen LogP contribution >= 0.6 is 0 Å². The molecule has 3 aromatic heterocycles. The quantitative estimate of drug-likeness (QED) is 0.180. The molecule has 0 N–H and O–H groups in total. The van der Waals surface area contributed by atoms with Gasteiger partial charge in [0.2, 0.25) is 0 Å². The van der Waals surface area contributed by atoms with Crippen LogP contribution in [0.25, 0.3) is 93.6 Å². The van der Waals surface area contributed by atoms with Gasteiger partial charge in [-0.1, -0.05) is 127 Å². The van der Waals surface area contributed by atoms with E-state index in [1.54, 1.807) is 0 Å². The minimum absolute atomic E-state index is 1.13. The molecule has 0 radical (unpaired) electrons. The van der Waals surface area contributed by atoms with E-state index in [-0.39, 0.29) is 0 Å². The predicted octanol–water partition coefficient (Wildman–Crippen LogP) is 12.6. The number of hydrogen-bond acceptors (Lipinski definition) is 0. The molecule has 0 saturated carbocycles. The van der Waals surface area contributed by atoms with Crippen LogP contribution in [-0.4, -0.2) is 13.7 Å². The zero-order chi connectivity index (χ0) is 33.5. The van der Waals surface area contributed by atoms with Crippen molar-refractivity contribution < 1.29 is 0 Å². The molecule has 0 aliphatic carbocycles. The first-order valence-corrected chi connectivity index (χ1v) is 17.5. The number of hydrogen-bond donors (Lipinski definition) is 0. The van der Waals surface area contributed by atoms with Gasteiger partial charge in [0, 0.05) is 43.7 Å². The van der Waals surface area contributed by atoms with Gasteiger partial charge in [-0.25, -0.2) is 0 Å². The molecule has 3 nitrogen and oxygen atoms in total. The number of rotatable bonds is 4. The van der Waals surface area contributed by atoms with Crippen molar-refractivity contribution in [1.82, 2.24) is 13.7 Å². The third-order valence-electron chi connectivity index (χ3n) is 10.6. The number of nitrogens with zero attached hydrogens (tertiary/aromatic N) is 3. The lowest BCUT2D eigenvalue weighted by Crippen LogP contribution is -2.03. The molecule has 0 saturated heterocycles. The Morgan fingerprint density at radius 3 is 1.29 bits per heavy atom. The van der Waals surface area contributed by atoms with E-state index in [2.05, 4.69) is 202 Å². The molecule has 0 unspecified atom stereocenters. The Hall–Kier alpha value is -6.84. The standard InChI is InChI=1S/C48H31N3/c1-3-15-32(16-4-1)33-27-28-46-40(29-33)41-30-35(49-42-23-11-7-19-36(42)37-20-8-12-24-43(37)49)31-47(48(41)50(46)34-17-5-2-6-18-34)51-44-25-13-9-21-38(44)39-22-10-14-26-45(39)51/h1-31H. The first-order chi connectivity index (χ1) is 25.3. The number of aromatic nitrogens is 3. The molecule has 11 aromatic rings. The minimum Gasteiger partial charge on any atom is -0.309 e. The predicted molar refractivity (Wildman–Crippen MR) is 215 cm³/mol. The van der Waals surface area contributed by atoms with Crippen molar-refractivity contribution >= 4 is 65.4 Å². The summed E-state index contributed by atoms with van der Waals surface area (Å²) in [5, 5.41) is 7.44. The fraction of sp³-hybridized carbons (Fsp3) is 0. The smallest absolute Gasteiger partial charge is 0.0784 e. The summed E-state index contributed by atoms with van der Waals surface area (Å²) in [5.74, 6) is 0. The summed E-state index contributed by atoms with van der Waals surface area (Å²) in [6, 6.07) is 68.5. The molecule has 0 atom stereocenters. The zero-order valence-electron chi connectivity index (χ0n) is 27.7. The Balaban J connectivity index is 1.37. The summed E-state index contributed by atoms with van der Waals surface area (Å²) < 4.78 is 7.41. The van der Waals surface area contributed by atoms with E-state index < -0.39 is 0 Å². The molecule has 8 aromatic carbocycles. The molecular formula is C48H31N3. The Kier molecular flexibility index (Phi) is 5.96. The molecule has 0 aliphatic rings. The molecule has 0 amide bonds. The van der Waals surface area contributed by atoms with Crippen LogP contribution in [0.5, 0.6) is 0 Å².